The third-order valence-electron chi connectivity index (χ3n) is 3.54. The molecule has 1 aromatic rings. The van der Waals surface area contributed by atoms with Crippen LogP contribution in [0.4, 0.5) is 0 Å². The number of nitrogens with one attached hydrogen (secondary N) is 2. The van der Waals surface area contributed by atoms with Gasteiger partial charge in [-0.25, -0.2) is 4.79 Å². The fourth-order valence-electron chi connectivity index (χ4n) is 2.43. The number of benzene rings is 1. The van der Waals surface area contributed by atoms with Crippen molar-refractivity contribution < 1.29 is 19.1 Å². The van der Waals surface area contributed by atoms with Gasteiger partial charge in [-0.15, -0.1) is 0 Å². The number of hydrogen-bond acceptors (Lipinski definition) is 6. The van der Waals surface area contributed by atoms with Crippen LogP contribution in [0.3, 0.4) is 0 Å². The number of hydrogen-bond donors (Lipinski definition) is 2. The Morgan fingerprint density at radius 2 is 2.04 bits per heavy atom. The number of methoxy groups -OCH3 is 1. The summed E-state index contributed by atoms with van der Waals surface area (Å²) in [5.41, 5.74) is -1.50. The Labute approximate surface area is 137 Å². The average molecular weight is 331 g/mol. The fourth-order valence-corrected chi connectivity index (χ4v) is 2.71. The second-order valence-electron chi connectivity index (χ2n) is 4.93. The Kier molecular flexibility index (Phi) is 4.71. The lowest BCUT2D eigenvalue weighted by Gasteiger charge is -2.38. The third-order valence-corrected chi connectivity index (χ3v) is 3.75. The minimum Gasteiger partial charge on any atom is -0.467 e. The van der Waals surface area contributed by atoms with Crippen molar-refractivity contribution in [3.05, 3.63) is 35.9 Å². The van der Waals surface area contributed by atoms with E-state index >= 15 is 0 Å². The van der Waals surface area contributed by atoms with Crippen molar-refractivity contribution in [2.75, 3.05) is 7.11 Å². The third kappa shape index (κ3) is 3.05. The molecule has 1 saturated heterocycles. The molecule has 0 radical (unpaired) electrons. The number of amides is 1. The number of Topliss-reactive ketones (excluding diaryl/α,β-unsaturated/α-hetero) is 1. The molecule has 1 aromatic carbocycles. The normalized spacial score (nSPS) is 23.2. The van der Waals surface area contributed by atoms with Crippen molar-refractivity contribution in [3.8, 4) is 6.07 Å². The van der Waals surface area contributed by atoms with E-state index < -0.39 is 35.5 Å². The first kappa shape index (κ1) is 16.6. The highest BCUT2D eigenvalue weighted by Gasteiger charge is 2.55. The van der Waals surface area contributed by atoms with Crippen molar-refractivity contribution in [1.29, 1.82) is 5.26 Å². The standard InChI is InChI=1S/C15H13N3O4S/c1-22-13(21)15(7-11(19)9-5-3-2-4-6-9)10(8-16)12(20)17-14(23)18-15/h2-6,10H,7H2,1H3,(H2,17,18,20,23)/t10-,15+/m0/s1. The van der Waals surface area contributed by atoms with Crippen molar-refractivity contribution in [2.45, 2.75) is 12.0 Å². The zero-order valence-electron chi connectivity index (χ0n) is 12.2. The van der Waals surface area contributed by atoms with Crippen LogP contribution in [0.15, 0.2) is 30.3 Å². The molecule has 2 atom stereocenters. The predicted octanol–water partition coefficient (Wildman–Crippen LogP) is 0.315. The van der Waals surface area contributed by atoms with Crippen LogP contribution in [-0.2, 0) is 14.3 Å². The molecule has 0 saturated carbocycles. The van der Waals surface area contributed by atoms with Gasteiger partial charge >= 0.3 is 5.97 Å². The lowest BCUT2D eigenvalue weighted by molar-refractivity contribution is -0.152. The van der Waals surface area contributed by atoms with Crippen LogP contribution in [-0.4, -0.2) is 35.4 Å². The maximum atomic E-state index is 12.5. The summed E-state index contributed by atoms with van der Waals surface area (Å²) in [5, 5.41) is 14.0. The summed E-state index contributed by atoms with van der Waals surface area (Å²) in [6.45, 7) is 0. The number of thiocarbonyl (C=S) groups is 1. The number of nitrogens with zero attached hydrogens (tertiary/aromatic N) is 1. The van der Waals surface area contributed by atoms with Crippen LogP contribution in [0.5, 0.6) is 0 Å². The van der Waals surface area contributed by atoms with E-state index in [0.717, 1.165) is 7.11 Å². The van der Waals surface area contributed by atoms with E-state index in [-0.39, 0.29) is 5.11 Å². The van der Waals surface area contributed by atoms with Gasteiger partial charge in [0, 0.05) is 12.0 Å². The van der Waals surface area contributed by atoms with Crippen molar-refractivity contribution >= 4 is 35.0 Å². The first-order valence-electron chi connectivity index (χ1n) is 6.64. The molecule has 0 bridgehead atoms. The molecule has 23 heavy (non-hydrogen) atoms. The predicted molar refractivity (Wildman–Crippen MR) is 83.1 cm³/mol. The minimum atomic E-state index is -1.85. The molecule has 0 aromatic heterocycles. The summed E-state index contributed by atoms with van der Waals surface area (Å²) in [6, 6.07) is 10.00. The zero-order valence-corrected chi connectivity index (χ0v) is 13.0. The van der Waals surface area contributed by atoms with Gasteiger partial charge in [0.1, 0.15) is 0 Å². The van der Waals surface area contributed by atoms with Gasteiger partial charge in [-0.05, 0) is 12.2 Å². The second kappa shape index (κ2) is 6.54. The van der Waals surface area contributed by atoms with E-state index in [0.29, 0.717) is 5.56 Å². The van der Waals surface area contributed by atoms with Gasteiger partial charge in [-0.2, -0.15) is 5.26 Å². The molecule has 2 rings (SSSR count). The number of ketones is 1. The molecular formula is C15H13N3O4S. The highest BCUT2D eigenvalue weighted by molar-refractivity contribution is 7.80. The van der Waals surface area contributed by atoms with Crippen LogP contribution in [0.2, 0.25) is 0 Å². The number of nitriles is 1. The Bertz CT molecular complexity index is 713. The molecule has 1 fully saturated rings. The summed E-state index contributed by atoms with van der Waals surface area (Å²) in [5.74, 6) is -3.51. The molecule has 0 unspecified atom stereocenters. The Morgan fingerprint density at radius 3 is 2.61 bits per heavy atom. The van der Waals surface area contributed by atoms with Gasteiger partial charge in [0.15, 0.2) is 22.4 Å². The van der Waals surface area contributed by atoms with Crippen molar-refractivity contribution in [3.63, 3.8) is 0 Å². The lowest BCUT2D eigenvalue weighted by atomic mass is 9.77. The Balaban J connectivity index is 2.45. The molecule has 0 aliphatic carbocycles. The van der Waals surface area contributed by atoms with E-state index in [1.165, 1.54) is 0 Å². The van der Waals surface area contributed by atoms with Gasteiger partial charge in [0.25, 0.3) is 0 Å². The van der Waals surface area contributed by atoms with Gasteiger partial charge < -0.3 is 15.4 Å². The molecule has 0 spiro atoms. The molecule has 2 N–H and O–H groups in total. The molecule has 1 aliphatic heterocycles. The van der Waals surface area contributed by atoms with E-state index in [1.807, 2.05) is 0 Å². The largest absolute Gasteiger partial charge is 0.467 e. The maximum absolute atomic E-state index is 12.5. The van der Waals surface area contributed by atoms with Crippen LogP contribution in [0, 0.1) is 17.2 Å². The van der Waals surface area contributed by atoms with Gasteiger partial charge in [0.2, 0.25) is 5.91 Å². The van der Waals surface area contributed by atoms with Crippen molar-refractivity contribution in [2.24, 2.45) is 5.92 Å². The van der Waals surface area contributed by atoms with E-state index in [4.69, 9.17) is 17.0 Å². The summed E-state index contributed by atoms with van der Waals surface area (Å²) in [4.78, 5) is 36.8. The number of rotatable bonds is 4. The quantitative estimate of drug-likeness (QED) is 0.464. The maximum Gasteiger partial charge on any atom is 0.334 e. The number of carbonyl (C=O) groups is 3. The first-order chi connectivity index (χ1) is 10.9. The molecule has 118 valence electrons. The lowest BCUT2D eigenvalue weighted by Crippen LogP contribution is -2.70. The van der Waals surface area contributed by atoms with Gasteiger partial charge in [-0.1, -0.05) is 30.3 Å². The molecule has 7 nitrogen and oxygen atoms in total. The van der Waals surface area contributed by atoms with Gasteiger partial charge in [0.05, 0.1) is 13.2 Å². The molecule has 1 amide bonds. The molecule has 8 heteroatoms. The SMILES string of the molecule is COC(=O)[C@]1(CC(=O)c2ccccc2)NC(=S)NC(=O)[C@@H]1C#N. The van der Waals surface area contributed by atoms with Crippen LogP contribution in [0.25, 0.3) is 0 Å². The first-order valence-corrected chi connectivity index (χ1v) is 7.04. The summed E-state index contributed by atoms with van der Waals surface area (Å²) >= 11 is 4.90. The number of esters is 1. The van der Waals surface area contributed by atoms with E-state index in [2.05, 4.69) is 10.6 Å². The highest BCUT2D eigenvalue weighted by atomic mass is 32.1. The summed E-state index contributed by atoms with van der Waals surface area (Å²) in [7, 11) is 1.11. The van der Waals surface area contributed by atoms with Crippen molar-refractivity contribution in [1.82, 2.24) is 10.6 Å². The number of carbonyl (C=O) groups excluding carboxylic acids is 3. The van der Waals surface area contributed by atoms with Crippen LogP contribution >= 0.6 is 12.2 Å². The summed E-state index contributed by atoms with van der Waals surface area (Å²) < 4.78 is 4.71. The summed E-state index contributed by atoms with van der Waals surface area (Å²) in [6.07, 6.45) is -0.435. The van der Waals surface area contributed by atoms with Crippen LogP contribution in [0.1, 0.15) is 16.8 Å². The van der Waals surface area contributed by atoms with E-state index in [9.17, 15) is 19.6 Å². The fraction of sp³-hybridized carbons (Fsp3) is 0.267. The molecule has 1 aliphatic rings. The smallest absolute Gasteiger partial charge is 0.334 e. The minimum absolute atomic E-state index is 0.132. The second-order valence-corrected chi connectivity index (χ2v) is 5.34. The van der Waals surface area contributed by atoms with Gasteiger partial charge in [-0.3, -0.25) is 9.59 Å². The highest BCUT2D eigenvalue weighted by Crippen LogP contribution is 2.28. The van der Waals surface area contributed by atoms with E-state index in [1.54, 1.807) is 36.4 Å². The molecule has 1 heterocycles. The number of ether oxygens (including phenoxy) is 1. The zero-order chi connectivity index (χ0) is 17.0. The van der Waals surface area contributed by atoms with Crippen LogP contribution < -0.4 is 10.6 Å². The Hall–Kier alpha value is -2.79. The Morgan fingerprint density at radius 1 is 1.39 bits per heavy atom. The monoisotopic (exact) mass is 331 g/mol. The molecular weight excluding hydrogens is 318 g/mol. The average Bonchev–Trinajstić information content (AvgIpc) is 2.54. The topological polar surface area (TPSA) is 108 Å².